The second-order valence-corrected chi connectivity index (χ2v) is 5.94. The van der Waals surface area contributed by atoms with Gasteiger partial charge in [0.25, 0.3) is 0 Å². The lowest BCUT2D eigenvalue weighted by Crippen LogP contribution is -2.50. The van der Waals surface area contributed by atoms with E-state index in [-0.39, 0.29) is 17.8 Å². The molecule has 0 unspecified atom stereocenters. The van der Waals surface area contributed by atoms with Crippen molar-refractivity contribution >= 4 is 5.91 Å². The Labute approximate surface area is 125 Å². The highest BCUT2D eigenvalue weighted by atomic mass is 19.1. The van der Waals surface area contributed by atoms with Crippen LogP contribution in [0.25, 0.3) is 0 Å². The van der Waals surface area contributed by atoms with E-state index in [0.717, 1.165) is 25.7 Å². The third-order valence-corrected chi connectivity index (χ3v) is 4.09. The fraction of sp³-hybridized carbons (Fsp3) is 0.588. The van der Waals surface area contributed by atoms with Gasteiger partial charge in [0.2, 0.25) is 5.91 Å². The molecule has 1 saturated carbocycles. The summed E-state index contributed by atoms with van der Waals surface area (Å²) in [6.07, 6.45) is 3.40. The normalized spacial score (nSPS) is 16.6. The third-order valence-electron chi connectivity index (χ3n) is 4.09. The van der Waals surface area contributed by atoms with Crippen molar-refractivity contribution in [3.8, 4) is 0 Å². The summed E-state index contributed by atoms with van der Waals surface area (Å²) >= 11 is 0. The number of hydrogen-bond acceptors (Lipinski definition) is 2. The van der Waals surface area contributed by atoms with Gasteiger partial charge in [-0.2, -0.15) is 0 Å². The van der Waals surface area contributed by atoms with E-state index in [9.17, 15) is 9.18 Å². The van der Waals surface area contributed by atoms with Crippen molar-refractivity contribution in [2.24, 2.45) is 0 Å². The first kappa shape index (κ1) is 16.0. The summed E-state index contributed by atoms with van der Waals surface area (Å²) in [6, 6.07) is 6.61. The maximum atomic E-state index is 14.0. The smallest absolute Gasteiger partial charge is 0.230 e. The van der Waals surface area contributed by atoms with E-state index in [0.29, 0.717) is 18.7 Å². The van der Waals surface area contributed by atoms with Crippen molar-refractivity contribution < 1.29 is 13.9 Å². The van der Waals surface area contributed by atoms with Gasteiger partial charge in [0.05, 0.1) is 11.5 Å². The lowest BCUT2D eigenvalue weighted by atomic mass is 9.63. The lowest BCUT2D eigenvalue weighted by molar-refractivity contribution is -0.130. The van der Waals surface area contributed by atoms with Crippen LogP contribution >= 0.6 is 0 Å². The highest BCUT2D eigenvalue weighted by Gasteiger charge is 2.46. The van der Waals surface area contributed by atoms with Gasteiger partial charge in [-0.15, -0.1) is 0 Å². The van der Waals surface area contributed by atoms with Crippen molar-refractivity contribution in [3.05, 3.63) is 35.6 Å². The molecule has 0 bridgehead atoms. The van der Waals surface area contributed by atoms with Crippen LogP contribution in [0, 0.1) is 5.82 Å². The van der Waals surface area contributed by atoms with E-state index in [2.05, 4.69) is 5.32 Å². The molecule has 2 rings (SSSR count). The van der Waals surface area contributed by atoms with Crippen molar-refractivity contribution in [3.63, 3.8) is 0 Å². The molecular formula is C17H24FNO2. The summed E-state index contributed by atoms with van der Waals surface area (Å²) in [5.74, 6) is -0.334. The summed E-state index contributed by atoms with van der Waals surface area (Å²) in [6.45, 7) is 5.17. The van der Waals surface area contributed by atoms with Crippen molar-refractivity contribution in [2.75, 3.05) is 13.2 Å². The van der Waals surface area contributed by atoms with E-state index in [4.69, 9.17) is 4.74 Å². The highest BCUT2D eigenvalue weighted by Crippen LogP contribution is 2.44. The number of carbonyl (C=O) groups is 1. The zero-order valence-corrected chi connectivity index (χ0v) is 12.8. The molecule has 0 heterocycles. The standard InChI is InChI=1S/C17H24FNO2/c1-13(2)21-12-6-11-19-16(20)17(9-5-10-17)14-7-3-4-8-15(14)18/h3-4,7-8,13H,5-6,9-12H2,1-2H3,(H,19,20). The highest BCUT2D eigenvalue weighted by molar-refractivity contribution is 5.89. The summed E-state index contributed by atoms with van der Waals surface area (Å²) in [4.78, 5) is 12.5. The van der Waals surface area contributed by atoms with Crippen LogP contribution < -0.4 is 5.32 Å². The summed E-state index contributed by atoms with van der Waals surface area (Å²) in [7, 11) is 0. The van der Waals surface area contributed by atoms with Crippen LogP contribution in [-0.2, 0) is 14.9 Å². The number of nitrogens with one attached hydrogen (secondary N) is 1. The molecule has 1 amide bonds. The molecule has 1 fully saturated rings. The molecule has 1 aliphatic carbocycles. The fourth-order valence-electron chi connectivity index (χ4n) is 2.76. The zero-order valence-electron chi connectivity index (χ0n) is 12.8. The molecular weight excluding hydrogens is 269 g/mol. The molecule has 0 aliphatic heterocycles. The topological polar surface area (TPSA) is 38.3 Å². The Balaban J connectivity index is 1.92. The first-order valence-electron chi connectivity index (χ1n) is 7.71. The molecule has 21 heavy (non-hydrogen) atoms. The van der Waals surface area contributed by atoms with Crippen LogP contribution in [0.15, 0.2) is 24.3 Å². The molecule has 4 heteroatoms. The Morgan fingerprint density at radius 1 is 1.38 bits per heavy atom. The minimum atomic E-state index is -0.662. The number of carbonyl (C=O) groups excluding carboxylic acids is 1. The second kappa shape index (κ2) is 7.03. The summed E-state index contributed by atoms with van der Waals surface area (Å²) in [5, 5.41) is 2.94. The van der Waals surface area contributed by atoms with E-state index < -0.39 is 5.41 Å². The van der Waals surface area contributed by atoms with Gasteiger partial charge in [-0.25, -0.2) is 4.39 Å². The predicted octanol–water partition coefficient (Wildman–Crippen LogP) is 3.18. The predicted molar refractivity (Wildman–Crippen MR) is 80.6 cm³/mol. The van der Waals surface area contributed by atoms with Gasteiger partial charge >= 0.3 is 0 Å². The van der Waals surface area contributed by atoms with E-state index in [1.807, 2.05) is 13.8 Å². The Bertz CT molecular complexity index is 483. The van der Waals surface area contributed by atoms with Gasteiger partial charge in [-0.3, -0.25) is 4.79 Å². The molecule has 0 spiro atoms. The molecule has 0 aromatic heterocycles. The van der Waals surface area contributed by atoms with Crippen LogP contribution in [0.4, 0.5) is 4.39 Å². The molecule has 116 valence electrons. The van der Waals surface area contributed by atoms with E-state index in [1.54, 1.807) is 18.2 Å². The Hall–Kier alpha value is -1.42. The van der Waals surface area contributed by atoms with Gasteiger partial charge in [0.1, 0.15) is 5.82 Å². The summed E-state index contributed by atoms with van der Waals surface area (Å²) < 4.78 is 19.4. The van der Waals surface area contributed by atoms with Gasteiger partial charge in [0, 0.05) is 18.7 Å². The summed E-state index contributed by atoms with van der Waals surface area (Å²) in [5.41, 5.74) is -0.128. The number of halogens is 1. The number of hydrogen-bond donors (Lipinski definition) is 1. The van der Waals surface area contributed by atoms with Crippen LogP contribution in [0.1, 0.15) is 45.1 Å². The van der Waals surface area contributed by atoms with Crippen LogP contribution in [0.2, 0.25) is 0 Å². The monoisotopic (exact) mass is 293 g/mol. The molecule has 0 atom stereocenters. The SMILES string of the molecule is CC(C)OCCCNC(=O)C1(c2ccccc2F)CCC1. The van der Waals surface area contributed by atoms with Crippen LogP contribution in [0.3, 0.4) is 0 Å². The maximum absolute atomic E-state index is 14.0. The van der Waals surface area contributed by atoms with E-state index in [1.165, 1.54) is 6.07 Å². The molecule has 1 aliphatic rings. The third kappa shape index (κ3) is 3.62. The Morgan fingerprint density at radius 3 is 2.67 bits per heavy atom. The average Bonchev–Trinajstić information content (AvgIpc) is 2.39. The van der Waals surface area contributed by atoms with Crippen LogP contribution in [0.5, 0.6) is 0 Å². The number of rotatable bonds is 7. The quantitative estimate of drug-likeness (QED) is 0.784. The largest absolute Gasteiger partial charge is 0.379 e. The molecule has 1 N–H and O–H groups in total. The van der Waals surface area contributed by atoms with Gasteiger partial charge < -0.3 is 10.1 Å². The molecule has 3 nitrogen and oxygen atoms in total. The first-order chi connectivity index (χ1) is 10.1. The van der Waals surface area contributed by atoms with Gasteiger partial charge in [0.15, 0.2) is 0 Å². The van der Waals surface area contributed by atoms with Gasteiger partial charge in [-0.1, -0.05) is 24.6 Å². The van der Waals surface area contributed by atoms with Gasteiger partial charge in [-0.05, 0) is 39.2 Å². The van der Waals surface area contributed by atoms with Crippen molar-refractivity contribution in [2.45, 2.75) is 51.0 Å². The molecule has 0 radical (unpaired) electrons. The maximum Gasteiger partial charge on any atom is 0.230 e. The van der Waals surface area contributed by atoms with Crippen molar-refractivity contribution in [1.82, 2.24) is 5.32 Å². The second-order valence-electron chi connectivity index (χ2n) is 5.94. The number of ether oxygens (including phenoxy) is 1. The molecule has 0 saturated heterocycles. The Kier molecular flexibility index (Phi) is 5.34. The zero-order chi connectivity index (χ0) is 15.3. The van der Waals surface area contributed by atoms with E-state index >= 15 is 0 Å². The fourth-order valence-corrected chi connectivity index (χ4v) is 2.76. The minimum absolute atomic E-state index is 0.0524. The lowest BCUT2D eigenvalue weighted by Gasteiger charge is -2.40. The molecule has 1 aromatic carbocycles. The van der Waals surface area contributed by atoms with Crippen molar-refractivity contribution in [1.29, 1.82) is 0 Å². The number of benzene rings is 1. The first-order valence-corrected chi connectivity index (χ1v) is 7.71. The van der Waals surface area contributed by atoms with Crippen LogP contribution in [-0.4, -0.2) is 25.2 Å². The average molecular weight is 293 g/mol. The number of amides is 1. The Morgan fingerprint density at radius 2 is 2.10 bits per heavy atom. The minimum Gasteiger partial charge on any atom is -0.379 e. The molecule has 1 aromatic rings.